The maximum atomic E-state index is 5.84. The number of benzene rings is 1. The third-order valence-electron chi connectivity index (χ3n) is 2.01. The van der Waals surface area contributed by atoms with Gasteiger partial charge >= 0.3 is 6.01 Å². The maximum absolute atomic E-state index is 5.84. The molecular weight excluding hydrogens is 332 g/mol. The van der Waals surface area contributed by atoms with E-state index in [1.54, 1.807) is 0 Å². The van der Waals surface area contributed by atoms with Crippen LogP contribution < -0.4 is 10.1 Å². The average molecular weight is 344 g/mol. The second-order valence-corrected chi connectivity index (χ2v) is 5.27. The van der Waals surface area contributed by atoms with Crippen LogP contribution >= 0.6 is 27.5 Å². The second-order valence-electron chi connectivity index (χ2n) is 4.01. The van der Waals surface area contributed by atoms with Crippen molar-refractivity contribution in [2.24, 2.45) is 0 Å². The van der Waals surface area contributed by atoms with Gasteiger partial charge in [-0.3, -0.25) is 0 Å². The van der Waals surface area contributed by atoms with Crippen molar-refractivity contribution in [1.29, 1.82) is 0 Å². The Morgan fingerprint density at radius 3 is 2.74 bits per heavy atom. The number of hydrogen-bond donors (Lipinski definition) is 1. The van der Waals surface area contributed by atoms with E-state index in [1.807, 2.05) is 38.1 Å². The third-order valence-corrected chi connectivity index (χ3v) is 2.67. The molecule has 2 rings (SSSR count). The minimum absolute atomic E-state index is 0.0304. The van der Waals surface area contributed by atoms with E-state index in [9.17, 15) is 0 Å². The van der Waals surface area contributed by atoms with E-state index >= 15 is 0 Å². The fourth-order valence-electron chi connectivity index (χ4n) is 1.35. The van der Waals surface area contributed by atoms with Crippen LogP contribution in [0.5, 0.6) is 6.01 Å². The van der Waals surface area contributed by atoms with Gasteiger partial charge in [0.15, 0.2) is 0 Å². The van der Waals surface area contributed by atoms with Gasteiger partial charge in [-0.2, -0.15) is 15.0 Å². The Hall–Kier alpha value is -1.40. The van der Waals surface area contributed by atoms with Crippen LogP contribution in [0.15, 0.2) is 28.7 Å². The van der Waals surface area contributed by atoms with Crippen molar-refractivity contribution in [3.63, 3.8) is 0 Å². The number of halogens is 2. The molecule has 0 saturated carbocycles. The van der Waals surface area contributed by atoms with Gasteiger partial charge in [-0.05, 0) is 43.6 Å². The average Bonchev–Trinajstić information content (AvgIpc) is 2.26. The molecule has 1 N–H and O–H groups in total. The minimum Gasteiger partial charge on any atom is -0.461 e. The first-order valence-electron chi connectivity index (χ1n) is 5.64. The van der Waals surface area contributed by atoms with Crippen LogP contribution in [0.2, 0.25) is 5.28 Å². The monoisotopic (exact) mass is 342 g/mol. The first-order chi connectivity index (χ1) is 9.02. The van der Waals surface area contributed by atoms with E-state index < -0.39 is 0 Å². The second kappa shape index (κ2) is 6.16. The largest absolute Gasteiger partial charge is 0.461 e. The fraction of sp³-hybridized carbons (Fsp3) is 0.250. The lowest BCUT2D eigenvalue weighted by Gasteiger charge is -2.09. The van der Waals surface area contributed by atoms with Crippen molar-refractivity contribution in [3.05, 3.63) is 34.0 Å². The number of hydrogen-bond acceptors (Lipinski definition) is 5. The molecule has 0 radical (unpaired) electrons. The number of nitrogens with one attached hydrogen (secondary N) is 1. The number of anilines is 2. The molecule has 1 heterocycles. The van der Waals surface area contributed by atoms with Gasteiger partial charge in [0.05, 0.1) is 6.10 Å². The first-order valence-corrected chi connectivity index (χ1v) is 6.81. The Balaban J connectivity index is 2.22. The molecule has 7 heteroatoms. The molecule has 0 bridgehead atoms. The third kappa shape index (κ3) is 4.33. The summed E-state index contributed by atoms with van der Waals surface area (Å²) in [4.78, 5) is 12.1. The molecule has 0 amide bonds. The Morgan fingerprint density at radius 2 is 2.05 bits per heavy atom. The highest BCUT2D eigenvalue weighted by Crippen LogP contribution is 2.20. The summed E-state index contributed by atoms with van der Waals surface area (Å²) in [6, 6.07) is 7.83. The van der Waals surface area contributed by atoms with Crippen molar-refractivity contribution in [3.8, 4) is 6.01 Å². The normalized spacial score (nSPS) is 10.6. The molecule has 1 aromatic heterocycles. The predicted molar refractivity (Wildman–Crippen MR) is 78.0 cm³/mol. The summed E-state index contributed by atoms with van der Waals surface area (Å²) in [5.41, 5.74) is 0.840. The Morgan fingerprint density at radius 1 is 1.26 bits per heavy atom. The van der Waals surface area contributed by atoms with Crippen LogP contribution in [0.1, 0.15) is 13.8 Å². The van der Waals surface area contributed by atoms with Gasteiger partial charge in [0.2, 0.25) is 11.2 Å². The Kier molecular flexibility index (Phi) is 4.55. The summed E-state index contributed by atoms with van der Waals surface area (Å²) in [5, 5.41) is 3.13. The summed E-state index contributed by atoms with van der Waals surface area (Å²) < 4.78 is 6.36. The molecule has 0 aliphatic heterocycles. The zero-order valence-electron chi connectivity index (χ0n) is 10.4. The van der Waals surface area contributed by atoms with E-state index in [0.29, 0.717) is 5.95 Å². The predicted octanol–water partition coefficient (Wildman–Crippen LogP) is 3.82. The number of aromatic nitrogens is 3. The molecule has 19 heavy (non-hydrogen) atoms. The van der Waals surface area contributed by atoms with Crippen LogP contribution in [0, 0.1) is 0 Å². The van der Waals surface area contributed by atoms with E-state index in [4.69, 9.17) is 16.3 Å². The fourth-order valence-corrected chi connectivity index (χ4v) is 1.90. The van der Waals surface area contributed by atoms with Crippen LogP contribution in [0.25, 0.3) is 0 Å². The van der Waals surface area contributed by atoms with E-state index in [2.05, 4.69) is 36.2 Å². The zero-order valence-corrected chi connectivity index (χ0v) is 12.7. The van der Waals surface area contributed by atoms with Crippen molar-refractivity contribution in [1.82, 2.24) is 15.0 Å². The van der Waals surface area contributed by atoms with E-state index in [-0.39, 0.29) is 17.4 Å². The highest BCUT2D eigenvalue weighted by molar-refractivity contribution is 9.10. The molecule has 0 saturated heterocycles. The quantitative estimate of drug-likeness (QED) is 0.914. The number of nitrogens with zero attached hydrogens (tertiary/aromatic N) is 3. The maximum Gasteiger partial charge on any atom is 0.322 e. The van der Waals surface area contributed by atoms with Crippen molar-refractivity contribution in [2.75, 3.05) is 5.32 Å². The first kappa shape index (κ1) is 14.0. The van der Waals surface area contributed by atoms with Gasteiger partial charge in [-0.1, -0.05) is 22.0 Å². The summed E-state index contributed by atoms with van der Waals surface area (Å²) in [5.74, 6) is 0.341. The Bertz CT molecular complexity index is 579. The van der Waals surface area contributed by atoms with E-state index in [1.165, 1.54) is 0 Å². The molecule has 1 aromatic carbocycles. The van der Waals surface area contributed by atoms with Crippen LogP contribution in [0.3, 0.4) is 0 Å². The lowest BCUT2D eigenvalue weighted by atomic mass is 10.3. The van der Waals surface area contributed by atoms with E-state index in [0.717, 1.165) is 10.2 Å². The van der Waals surface area contributed by atoms with Gasteiger partial charge in [0.1, 0.15) is 0 Å². The smallest absolute Gasteiger partial charge is 0.322 e. The number of ether oxygens (including phenoxy) is 1. The van der Waals surface area contributed by atoms with Crippen LogP contribution in [-0.4, -0.2) is 21.1 Å². The van der Waals surface area contributed by atoms with Crippen molar-refractivity contribution >= 4 is 39.2 Å². The SMILES string of the molecule is CC(C)Oc1nc(Cl)nc(Nc2cccc(Br)c2)n1. The molecule has 0 unspecified atom stereocenters. The molecule has 0 spiro atoms. The lowest BCUT2D eigenvalue weighted by Crippen LogP contribution is -2.10. The number of rotatable bonds is 4. The minimum atomic E-state index is -0.0304. The summed E-state index contributed by atoms with van der Waals surface area (Å²) >= 11 is 9.23. The molecule has 0 atom stereocenters. The van der Waals surface area contributed by atoms with Gasteiger partial charge in [0.25, 0.3) is 0 Å². The van der Waals surface area contributed by atoms with Gasteiger partial charge < -0.3 is 10.1 Å². The summed E-state index contributed by atoms with van der Waals surface area (Å²) in [7, 11) is 0. The van der Waals surface area contributed by atoms with Gasteiger partial charge in [-0.15, -0.1) is 0 Å². The molecule has 0 fully saturated rings. The van der Waals surface area contributed by atoms with Crippen molar-refractivity contribution < 1.29 is 4.74 Å². The summed E-state index contributed by atoms with van der Waals surface area (Å²) in [6.07, 6.45) is -0.0304. The lowest BCUT2D eigenvalue weighted by molar-refractivity contribution is 0.222. The molecule has 2 aromatic rings. The molecule has 100 valence electrons. The topological polar surface area (TPSA) is 59.9 Å². The molecule has 5 nitrogen and oxygen atoms in total. The highest BCUT2D eigenvalue weighted by Gasteiger charge is 2.08. The standard InChI is InChI=1S/C12H12BrClN4O/c1-7(2)19-12-17-10(14)16-11(18-12)15-9-5-3-4-8(13)6-9/h3-7H,1-2H3,(H,15,16,17,18). The highest BCUT2D eigenvalue weighted by atomic mass is 79.9. The van der Waals surface area contributed by atoms with Gasteiger partial charge in [-0.25, -0.2) is 0 Å². The van der Waals surface area contributed by atoms with Crippen LogP contribution in [0.4, 0.5) is 11.6 Å². The summed E-state index contributed by atoms with van der Waals surface area (Å²) in [6.45, 7) is 3.78. The molecule has 0 aliphatic carbocycles. The van der Waals surface area contributed by atoms with Crippen molar-refractivity contribution in [2.45, 2.75) is 20.0 Å². The zero-order chi connectivity index (χ0) is 13.8. The molecular formula is C12H12BrClN4O. The molecule has 0 aliphatic rings. The van der Waals surface area contributed by atoms with Gasteiger partial charge in [0, 0.05) is 10.2 Å². The Labute approximate surface area is 124 Å². The van der Waals surface area contributed by atoms with Crippen LogP contribution in [-0.2, 0) is 0 Å².